The highest BCUT2D eigenvalue weighted by Crippen LogP contribution is 2.31. The quantitative estimate of drug-likeness (QED) is 0.755. The lowest BCUT2D eigenvalue weighted by Crippen LogP contribution is -2.48. The molecule has 0 spiro atoms. The van der Waals surface area contributed by atoms with E-state index in [9.17, 15) is 4.79 Å². The van der Waals surface area contributed by atoms with Gasteiger partial charge in [0.15, 0.2) is 16.6 Å². The molecule has 4 N–H and O–H groups in total. The van der Waals surface area contributed by atoms with E-state index in [0.717, 1.165) is 10.5 Å². The van der Waals surface area contributed by atoms with Crippen LogP contribution in [0.5, 0.6) is 0 Å². The normalized spacial score (nSPS) is 15.8. The van der Waals surface area contributed by atoms with Crippen LogP contribution in [0.2, 0.25) is 0 Å². The van der Waals surface area contributed by atoms with Crippen LogP contribution in [0, 0.1) is 0 Å². The molecular weight excluding hydrogens is 278 g/mol. The van der Waals surface area contributed by atoms with Crippen molar-refractivity contribution in [3.8, 4) is 0 Å². The highest BCUT2D eigenvalue weighted by Gasteiger charge is 2.23. The molecule has 2 aromatic rings. The van der Waals surface area contributed by atoms with Crippen molar-refractivity contribution < 1.29 is 4.79 Å². The van der Waals surface area contributed by atoms with Crippen molar-refractivity contribution >= 4 is 44.5 Å². The summed E-state index contributed by atoms with van der Waals surface area (Å²) in [5.74, 6) is 1.04. The fourth-order valence-corrected chi connectivity index (χ4v) is 3.08. The maximum Gasteiger partial charge on any atom is 0.224 e. The van der Waals surface area contributed by atoms with Gasteiger partial charge in [0, 0.05) is 33.1 Å². The smallest absolute Gasteiger partial charge is 0.224 e. The van der Waals surface area contributed by atoms with Crippen molar-refractivity contribution in [2.45, 2.75) is 6.92 Å². The van der Waals surface area contributed by atoms with E-state index in [1.165, 1.54) is 11.3 Å². The summed E-state index contributed by atoms with van der Waals surface area (Å²) in [5, 5.41) is 0.448. The number of anilines is 3. The Balaban J connectivity index is 1.93. The summed E-state index contributed by atoms with van der Waals surface area (Å²) < 4.78 is 0.841. The first-order chi connectivity index (χ1) is 9.54. The molecule has 3 rings (SSSR count). The standard InChI is InChI=1S/C11H15N7OS/c1-6(19)17-2-4-18(5-3-17)9-7-8(14-10(12)16-9)15-11(13)20-7/h2-5H2,1H3,(H4,12,13,14,15,16). The van der Waals surface area contributed by atoms with Crippen LogP contribution < -0.4 is 16.4 Å². The minimum Gasteiger partial charge on any atom is -0.375 e. The molecule has 1 fully saturated rings. The van der Waals surface area contributed by atoms with Crippen molar-refractivity contribution in [2.24, 2.45) is 0 Å². The first-order valence-corrected chi connectivity index (χ1v) is 7.06. The van der Waals surface area contributed by atoms with Crippen LogP contribution in [0.15, 0.2) is 0 Å². The molecule has 0 aliphatic carbocycles. The molecule has 0 saturated carbocycles. The van der Waals surface area contributed by atoms with Crippen LogP contribution >= 0.6 is 11.3 Å². The molecule has 2 aromatic heterocycles. The minimum absolute atomic E-state index is 0.0963. The summed E-state index contributed by atoms with van der Waals surface area (Å²) in [6.45, 7) is 4.36. The van der Waals surface area contributed by atoms with Crippen LogP contribution in [0.25, 0.3) is 10.3 Å². The Morgan fingerprint density at radius 3 is 2.50 bits per heavy atom. The summed E-state index contributed by atoms with van der Waals surface area (Å²) in [6, 6.07) is 0. The van der Waals surface area contributed by atoms with Crippen LogP contribution in [0.4, 0.5) is 16.9 Å². The Hall–Kier alpha value is -2.16. The Bertz CT molecular complexity index is 662. The van der Waals surface area contributed by atoms with Crippen molar-refractivity contribution in [1.82, 2.24) is 19.9 Å². The van der Waals surface area contributed by atoms with Crippen molar-refractivity contribution in [3.63, 3.8) is 0 Å². The molecule has 0 aromatic carbocycles. The summed E-state index contributed by atoms with van der Waals surface area (Å²) in [7, 11) is 0. The second-order valence-electron chi connectivity index (χ2n) is 4.60. The number of hydrogen-bond acceptors (Lipinski definition) is 8. The van der Waals surface area contributed by atoms with Crippen molar-refractivity contribution in [3.05, 3.63) is 0 Å². The molecule has 0 bridgehead atoms. The van der Waals surface area contributed by atoms with Gasteiger partial charge in [0.1, 0.15) is 4.70 Å². The van der Waals surface area contributed by atoms with E-state index in [0.29, 0.717) is 37.0 Å². The predicted octanol–water partition coefficient (Wildman–Crippen LogP) is -0.0808. The van der Waals surface area contributed by atoms with E-state index in [2.05, 4.69) is 19.9 Å². The first-order valence-electron chi connectivity index (χ1n) is 6.24. The van der Waals surface area contributed by atoms with Crippen LogP contribution in [0.3, 0.4) is 0 Å². The van der Waals surface area contributed by atoms with Crippen LogP contribution in [0.1, 0.15) is 6.92 Å². The number of thiazole rings is 1. The first kappa shape index (κ1) is 12.9. The molecule has 0 atom stereocenters. The number of carbonyl (C=O) groups excluding carboxylic acids is 1. The molecule has 0 radical (unpaired) electrons. The summed E-state index contributed by atoms with van der Waals surface area (Å²) in [6.07, 6.45) is 0. The molecule has 106 valence electrons. The summed E-state index contributed by atoms with van der Waals surface area (Å²) in [4.78, 5) is 27.8. The van der Waals surface area contributed by atoms with E-state index < -0.39 is 0 Å². The van der Waals surface area contributed by atoms with E-state index in [1.807, 2.05) is 4.90 Å². The number of amides is 1. The van der Waals surface area contributed by atoms with Gasteiger partial charge in [0.25, 0.3) is 0 Å². The highest BCUT2D eigenvalue weighted by molar-refractivity contribution is 7.22. The highest BCUT2D eigenvalue weighted by atomic mass is 32.1. The number of carbonyl (C=O) groups is 1. The van der Waals surface area contributed by atoms with E-state index >= 15 is 0 Å². The SMILES string of the molecule is CC(=O)N1CCN(c2nc(N)nc3nc(N)sc23)CC1. The average molecular weight is 293 g/mol. The van der Waals surface area contributed by atoms with E-state index in [1.54, 1.807) is 6.92 Å². The van der Waals surface area contributed by atoms with Gasteiger partial charge in [0.2, 0.25) is 11.9 Å². The van der Waals surface area contributed by atoms with Crippen molar-refractivity contribution in [1.29, 1.82) is 0 Å². The fourth-order valence-electron chi connectivity index (χ4n) is 2.29. The Labute approximate surface area is 119 Å². The minimum atomic E-state index is 0.0963. The molecule has 1 aliphatic heterocycles. The Morgan fingerprint density at radius 2 is 1.85 bits per heavy atom. The zero-order valence-corrected chi connectivity index (χ0v) is 11.9. The lowest BCUT2D eigenvalue weighted by atomic mass is 10.3. The number of aromatic nitrogens is 3. The van der Waals surface area contributed by atoms with Crippen LogP contribution in [-0.2, 0) is 4.79 Å². The number of nitrogens with zero attached hydrogens (tertiary/aromatic N) is 5. The molecule has 0 unspecified atom stereocenters. The summed E-state index contributed by atoms with van der Waals surface area (Å²) in [5.41, 5.74) is 12.0. The second kappa shape index (κ2) is 4.75. The van der Waals surface area contributed by atoms with Crippen molar-refractivity contribution in [2.75, 3.05) is 42.5 Å². The fraction of sp³-hybridized carbons (Fsp3) is 0.455. The Morgan fingerprint density at radius 1 is 1.15 bits per heavy atom. The third-order valence-corrected chi connectivity index (χ3v) is 4.16. The van der Waals surface area contributed by atoms with Crippen LogP contribution in [-0.4, -0.2) is 51.9 Å². The number of nitrogens with two attached hydrogens (primary N) is 2. The van der Waals surface area contributed by atoms with Gasteiger partial charge < -0.3 is 21.3 Å². The van der Waals surface area contributed by atoms with Gasteiger partial charge >= 0.3 is 0 Å². The molecule has 3 heterocycles. The van der Waals surface area contributed by atoms with Gasteiger partial charge in [-0.25, -0.2) is 4.98 Å². The monoisotopic (exact) mass is 293 g/mol. The third-order valence-electron chi connectivity index (χ3n) is 3.29. The zero-order valence-electron chi connectivity index (χ0n) is 11.0. The summed E-state index contributed by atoms with van der Waals surface area (Å²) >= 11 is 1.35. The molecule has 1 amide bonds. The van der Waals surface area contributed by atoms with Gasteiger partial charge in [-0.15, -0.1) is 0 Å². The van der Waals surface area contributed by atoms with Gasteiger partial charge in [-0.05, 0) is 0 Å². The zero-order chi connectivity index (χ0) is 14.3. The Kier molecular flexibility index (Phi) is 3.05. The lowest BCUT2D eigenvalue weighted by molar-refractivity contribution is -0.129. The average Bonchev–Trinajstić information content (AvgIpc) is 2.78. The molecule has 1 aliphatic rings. The number of hydrogen-bond donors (Lipinski definition) is 2. The third kappa shape index (κ3) is 2.20. The predicted molar refractivity (Wildman–Crippen MR) is 78.5 cm³/mol. The molecular formula is C11H15N7OS. The molecule has 1 saturated heterocycles. The maximum atomic E-state index is 11.3. The topological polar surface area (TPSA) is 114 Å². The molecule has 20 heavy (non-hydrogen) atoms. The largest absolute Gasteiger partial charge is 0.375 e. The van der Waals surface area contributed by atoms with E-state index in [4.69, 9.17) is 11.5 Å². The number of rotatable bonds is 1. The maximum absolute atomic E-state index is 11.3. The molecule has 9 heteroatoms. The van der Waals surface area contributed by atoms with Gasteiger partial charge in [-0.1, -0.05) is 11.3 Å². The van der Waals surface area contributed by atoms with Gasteiger partial charge in [-0.2, -0.15) is 9.97 Å². The van der Waals surface area contributed by atoms with Gasteiger partial charge in [0.05, 0.1) is 0 Å². The number of piperazine rings is 1. The van der Waals surface area contributed by atoms with E-state index in [-0.39, 0.29) is 11.9 Å². The lowest BCUT2D eigenvalue weighted by Gasteiger charge is -2.34. The second-order valence-corrected chi connectivity index (χ2v) is 5.63. The van der Waals surface area contributed by atoms with Gasteiger partial charge in [-0.3, -0.25) is 4.79 Å². The number of fused-ring (bicyclic) bond motifs is 1. The number of nitrogen functional groups attached to an aromatic ring is 2. The molecule has 8 nitrogen and oxygen atoms in total.